The van der Waals surface area contributed by atoms with Crippen molar-refractivity contribution < 1.29 is 9.13 Å². The van der Waals surface area contributed by atoms with Crippen molar-refractivity contribution in [2.45, 2.75) is 5.92 Å². The van der Waals surface area contributed by atoms with Gasteiger partial charge in [-0.2, -0.15) is 5.10 Å². The SMILES string of the molecule is COc1ccccc1C(CN)c1cc(-c2ccc(F)cc2)nn1C. The number of para-hydroxylation sites is 1. The van der Waals surface area contributed by atoms with E-state index in [-0.39, 0.29) is 11.7 Å². The molecule has 0 aliphatic rings. The molecular weight excluding hydrogens is 305 g/mol. The average Bonchev–Trinajstić information content (AvgIpc) is 2.98. The Morgan fingerprint density at radius 1 is 1.17 bits per heavy atom. The Bertz CT molecular complexity index is 827. The quantitative estimate of drug-likeness (QED) is 0.783. The summed E-state index contributed by atoms with van der Waals surface area (Å²) in [5.41, 5.74) is 9.72. The molecule has 2 aromatic carbocycles. The Hall–Kier alpha value is -2.66. The standard InChI is InChI=1S/C19H20FN3O/c1-23-18(11-17(22-23)13-7-9-14(20)10-8-13)16(12-21)15-5-3-4-6-19(15)24-2/h3-11,16H,12,21H2,1-2H3. The van der Waals surface area contributed by atoms with Crippen LogP contribution in [0.3, 0.4) is 0 Å². The van der Waals surface area contributed by atoms with E-state index in [1.807, 2.05) is 42.1 Å². The molecule has 1 aromatic heterocycles. The van der Waals surface area contributed by atoms with Crippen LogP contribution in [0.25, 0.3) is 11.3 Å². The molecule has 1 heterocycles. The van der Waals surface area contributed by atoms with Gasteiger partial charge in [0, 0.05) is 36.3 Å². The number of benzene rings is 2. The number of ether oxygens (including phenoxy) is 1. The van der Waals surface area contributed by atoms with Crippen molar-refractivity contribution >= 4 is 0 Å². The van der Waals surface area contributed by atoms with Gasteiger partial charge < -0.3 is 10.5 Å². The lowest BCUT2D eigenvalue weighted by Gasteiger charge is -2.18. The zero-order chi connectivity index (χ0) is 17.1. The van der Waals surface area contributed by atoms with E-state index in [0.29, 0.717) is 6.54 Å². The minimum absolute atomic E-state index is 0.0344. The average molecular weight is 325 g/mol. The first kappa shape index (κ1) is 16.2. The summed E-state index contributed by atoms with van der Waals surface area (Å²) in [5, 5.41) is 4.56. The molecule has 3 rings (SSSR count). The van der Waals surface area contributed by atoms with Gasteiger partial charge in [0.2, 0.25) is 0 Å². The lowest BCUT2D eigenvalue weighted by Crippen LogP contribution is -2.17. The van der Waals surface area contributed by atoms with Gasteiger partial charge in [0.15, 0.2) is 0 Å². The number of halogens is 1. The van der Waals surface area contributed by atoms with Crippen molar-refractivity contribution in [3.8, 4) is 17.0 Å². The van der Waals surface area contributed by atoms with E-state index in [1.54, 1.807) is 19.2 Å². The van der Waals surface area contributed by atoms with Crippen LogP contribution in [0.4, 0.5) is 4.39 Å². The molecular formula is C19H20FN3O. The highest BCUT2D eigenvalue weighted by molar-refractivity contribution is 5.60. The first-order valence-corrected chi connectivity index (χ1v) is 7.77. The summed E-state index contributed by atoms with van der Waals surface area (Å²) >= 11 is 0. The molecule has 0 spiro atoms. The highest BCUT2D eigenvalue weighted by Crippen LogP contribution is 2.32. The second-order valence-electron chi connectivity index (χ2n) is 5.62. The maximum Gasteiger partial charge on any atom is 0.123 e. The van der Waals surface area contributed by atoms with E-state index in [2.05, 4.69) is 5.10 Å². The third-order valence-electron chi connectivity index (χ3n) is 4.16. The van der Waals surface area contributed by atoms with Crippen LogP contribution in [0.15, 0.2) is 54.6 Å². The van der Waals surface area contributed by atoms with Gasteiger partial charge in [-0.1, -0.05) is 18.2 Å². The molecule has 1 atom stereocenters. The summed E-state index contributed by atoms with van der Waals surface area (Å²) in [6.45, 7) is 0.433. The fourth-order valence-electron chi connectivity index (χ4n) is 2.93. The summed E-state index contributed by atoms with van der Waals surface area (Å²) in [7, 11) is 3.54. The van der Waals surface area contributed by atoms with Gasteiger partial charge in [-0.25, -0.2) is 4.39 Å². The maximum atomic E-state index is 13.1. The summed E-state index contributed by atoms with van der Waals surface area (Å²) in [6, 6.07) is 16.2. The Kier molecular flexibility index (Phi) is 4.62. The molecule has 124 valence electrons. The molecule has 1 unspecified atom stereocenters. The normalized spacial score (nSPS) is 12.2. The zero-order valence-electron chi connectivity index (χ0n) is 13.7. The molecule has 4 nitrogen and oxygen atoms in total. The molecule has 0 radical (unpaired) electrons. The van der Waals surface area contributed by atoms with E-state index in [4.69, 9.17) is 10.5 Å². The van der Waals surface area contributed by atoms with Crippen molar-refractivity contribution in [3.05, 3.63) is 71.7 Å². The van der Waals surface area contributed by atoms with Crippen molar-refractivity contribution in [1.82, 2.24) is 9.78 Å². The van der Waals surface area contributed by atoms with Gasteiger partial charge in [-0.05, 0) is 36.4 Å². The number of nitrogens with two attached hydrogens (primary N) is 1. The van der Waals surface area contributed by atoms with E-state index in [1.165, 1.54) is 12.1 Å². The van der Waals surface area contributed by atoms with Crippen LogP contribution < -0.4 is 10.5 Å². The van der Waals surface area contributed by atoms with Gasteiger partial charge in [-0.15, -0.1) is 0 Å². The Balaban J connectivity index is 2.03. The Labute approximate surface area is 140 Å². The fraction of sp³-hybridized carbons (Fsp3) is 0.211. The van der Waals surface area contributed by atoms with Crippen LogP contribution in [0.2, 0.25) is 0 Å². The second kappa shape index (κ2) is 6.84. The van der Waals surface area contributed by atoms with Gasteiger partial charge in [0.05, 0.1) is 12.8 Å². The number of rotatable bonds is 5. The Morgan fingerprint density at radius 3 is 2.54 bits per heavy atom. The summed E-state index contributed by atoms with van der Waals surface area (Å²) in [6.07, 6.45) is 0. The number of aryl methyl sites for hydroxylation is 1. The first-order chi connectivity index (χ1) is 11.6. The fourth-order valence-corrected chi connectivity index (χ4v) is 2.93. The molecule has 0 saturated heterocycles. The largest absolute Gasteiger partial charge is 0.496 e. The highest BCUT2D eigenvalue weighted by atomic mass is 19.1. The monoisotopic (exact) mass is 325 g/mol. The van der Waals surface area contributed by atoms with Crippen molar-refractivity contribution in [2.24, 2.45) is 12.8 Å². The van der Waals surface area contributed by atoms with Crippen LogP contribution in [0, 0.1) is 5.82 Å². The molecule has 0 bridgehead atoms. The molecule has 0 saturated carbocycles. The zero-order valence-corrected chi connectivity index (χ0v) is 13.7. The van der Waals surface area contributed by atoms with E-state index in [0.717, 1.165) is 28.3 Å². The van der Waals surface area contributed by atoms with Gasteiger partial charge in [-0.3, -0.25) is 4.68 Å². The summed E-state index contributed by atoms with van der Waals surface area (Å²) < 4.78 is 20.4. The van der Waals surface area contributed by atoms with Gasteiger partial charge in [0.1, 0.15) is 11.6 Å². The first-order valence-electron chi connectivity index (χ1n) is 7.77. The molecule has 24 heavy (non-hydrogen) atoms. The van der Waals surface area contributed by atoms with E-state index in [9.17, 15) is 4.39 Å². The predicted octanol–water partition coefficient (Wildman–Crippen LogP) is 3.33. The molecule has 0 aliphatic heterocycles. The van der Waals surface area contributed by atoms with Gasteiger partial charge >= 0.3 is 0 Å². The van der Waals surface area contributed by atoms with Crippen molar-refractivity contribution in [1.29, 1.82) is 0 Å². The number of hydrogen-bond donors (Lipinski definition) is 1. The van der Waals surface area contributed by atoms with Crippen molar-refractivity contribution in [2.75, 3.05) is 13.7 Å². The lowest BCUT2D eigenvalue weighted by atomic mass is 9.94. The number of aromatic nitrogens is 2. The molecule has 0 amide bonds. The van der Waals surface area contributed by atoms with E-state index >= 15 is 0 Å². The van der Waals surface area contributed by atoms with Crippen LogP contribution >= 0.6 is 0 Å². The topological polar surface area (TPSA) is 53.1 Å². The third kappa shape index (κ3) is 3.03. The van der Waals surface area contributed by atoms with Crippen LogP contribution in [0.5, 0.6) is 5.75 Å². The smallest absolute Gasteiger partial charge is 0.123 e. The number of methoxy groups -OCH3 is 1. The molecule has 5 heteroatoms. The highest BCUT2D eigenvalue weighted by Gasteiger charge is 2.21. The molecule has 0 fully saturated rings. The van der Waals surface area contributed by atoms with Crippen molar-refractivity contribution in [3.63, 3.8) is 0 Å². The maximum absolute atomic E-state index is 13.1. The number of hydrogen-bond acceptors (Lipinski definition) is 3. The van der Waals surface area contributed by atoms with Gasteiger partial charge in [0.25, 0.3) is 0 Å². The Morgan fingerprint density at radius 2 is 1.88 bits per heavy atom. The van der Waals surface area contributed by atoms with Crippen LogP contribution in [0.1, 0.15) is 17.2 Å². The van der Waals surface area contributed by atoms with Crippen LogP contribution in [-0.2, 0) is 7.05 Å². The van der Waals surface area contributed by atoms with E-state index < -0.39 is 0 Å². The third-order valence-corrected chi connectivity index (χ3v) is 4.16. The summed E-state index contributed by atoms with van der Waals surface area (Å²) in [4.78, 5) is 0. The minimum atomic E-state index is -0.260. The lowest BCUT2D eigenvalue weighted by molar-refractivity contribution is 0.407. The minimum Gasteiger partial charge on any atom is -0.496 e. The second-order valence-corrected chi connectivity index (χ2v) is 5.62. The van der Waals surface area contributed by atoms with Crippen LogP contribution in [-0.4, -0.2) is 23.4 Å². The molecule has 2 N–H and O–H groups in total. The number of nitrogens with zero attached hydrogens (tertiary/aromatic N) is 2. The summed E-state index contributed by atoms with van der Waals surface area (Å²) in [5.74, 6) is 0.508. The predicted molar refractivity (Wildman–Crippen MR) is 92.5 cm³/mol. The molecule has 3 aromatic rings. The molecule has 0 aliphatic carbocycles.